The van der Waals surface area contributed by atoms with E-state index in [4.69, 9.17) is 0 Å². The average molecular weight is 422 g/mol. The summed E-state index contributed by atoms with van der Waals surface area (Å²) in [5.74, 6) is -0.206. The largest absolute Gasteiger partial charge is 0.506 e. The number of rotatable bonds is 10. The second-order valence-electron chi connectivity index (χ2n) is 7.93. The average Bonchev–Trinajstić information content (AvgIpc) is 2.67. The predicted octanol–water partition coefficient (Wildman–Crippen LogP) is 2.64. The van der Waals surface area contributed by atoms with Gasteiger partial charge >= 0.3 is 10.2 Å². The summed E-state index contributed by atoms with van der Waals surface area (Å²) in [5.41, 5.74) is 1.60. The number of hydrogen-bond acceptors (Lipinski definition) is 5. The molecule has 8 heteroatoms. The molecule has 2 aromatic rings. The quantitative estimate of drug-likeness (QED) is 0.442. The number of anilines is 1. The molecule has 0 fully saturated rings. The molecule has 7 nitrogen and oxygen atoms in total. The summed E-state index contributed by atoms with van der Waals surface area (Å²) in [4.78, 5) is 0. The molecule has 0 amide bonds. The van der Waals surface area contributed by atoms with Crippen molar-refractivity contribution in [2.75, 3.05) is 25.4 Å². The number of aromatic hydroxyl groups is 1. The van der Waals surface area contributed by atoms with Crippen LogP contribution in [0.5, 0.6) is 5.75 Å². The van der Waals surface area contributed by atoms with Crippen molar-refractivity contribution in [3.8, 4) is 5.75 Å². The second-order valence-corrected chi connectivity index (χ2v) is 9.82. The van der Waals surface area contributed by atoms with Crippen LogP contribution < -0.4 is 10.0 Å². The first-order valence-corrected chi connectivity index (χ1v) is 10.9. The lowest BCUT2D eigenvalue weighted by molar-refractivity contribution is 0.159. The topological polar surface area (TPSA) is 102 Å². The molecule has 29 heavy (non-hydrogen) atoms. The maximum Gasteiger partial charge on any atom is 0.301 e. The number of phenols is 1. The molecule has 2 aromatic carbocycles. The maximum absolute atomic E-state index is 12.0. The Labute approximate surface area is 173 Å². The summed E-state index contributed by atoms with van der Waals surface area (Å²) in [6, 6.07) is 14.6. The number of aliphatic hydroxyl groups excluding tert-OH is 1. The molecule has 0 heterocycles. The van der Waals surface area contributed by atoms with Gasteiger partial charge in [-0.3, -0.25) is 4.72 Å². The van der Waals surface area contributed by atoms with Gasteiger partial charge in [-0.05, 0) is 49.9 Å². The molecule has 0 spiro atoms. The van der Waals surface area contributed by atoms with E-state index >= 15 is 0 Å². The van der Waals surface area contributed by atoms with Crippen LogP contribution in [0.1, 0.15) is 37.5 Å². The van der Waals surface area contributed by atoms with Crippen molar-refractivity contribution in [1.29, 1.82) is 0 Å². The minimum atomic E-state index is -3.76. The second kappa shape index (κ2) is 9.58. The van der Waals surface area contributed by atoms with Gasteiger partial charge in [-0.15, -0.1) is 0 Å². The Morgan fingerprint density at radius 2 is 1.76 bits per heavy atom. The molecule has 2 rings (SSSR count). The third-order valence-corrected chi connectivity index (χ3v) is 6.22. The fraction of sp³-hybridized carbons (Fsp3) is 0.429. The third kappa shape index (κ3) is 7.01. The molecule has 1 unspecified atom stereocenters. The highest BCUT2D eigenvalue weighted by Crippen LogP contribution is 2.28. The van der Waals surface area contributed by atoms with Crippen LogP contribution in [0.2, 0.25) is 0 Å². The first kappa shape index (κ1) is 23.2. The smallest absolute Gasteiger partial charge is 0.301 e. The molecule has 0 aliphatic rings. The van der Waals surface area contributed by atoms with E-state index in [2.05, 4.69) is 36.0 Å². The molecule has 0 aromatic heterocycles. The number of aliphatic hydroxyl groups is 1. The summed E-state index contributed by atoms with van der Waals surface area (Å²) in [6.07, 6.45) is 0.967. The third-order valence-electron chi connectivity index (χ3n) is 4.78. The van der Waals surface area contributed by atoms with E-state index in [0.717, 1.165) is 17.1 Å². The van der Waals surface area contributed by atoms with Gasteiger partial charge in [0.15, 0.2) is 0 Å². The minimum Gasteiger partial charge on any atom is -0.506 e. The van der Waals surface area contributed by atoms with Crippen LogP contribution in [0.15, 0.2) is 48.5 Å². The molecule has 160 valence electrons. The van der Waals surface area contributed by atoms with Gasteiger partial charge in [0.2, 0.25) is 0 Å². The highest BCUT2D eigenvalue weighted by atomic mass is 32.2. The molecule has 0 radical (unpaired) electrons. The first-order chi connectivity index (χ1) is 13.5. The van der Waals surface area contributed by atoms with Crippen molar-refractivity contribution in [2.24, 2.45) is 0 Å². The zero-order valence-corrected chi connectivity index (χ0v) is 18.2. The number of hydrogen-bond donors (Lipinski definition) is 4. The van der Waals surface area contributed by atoms with E-state index in [0.29, 0.717) is 12.1 Å². The SMILES string of the molecule is CN(C)S(=O)(=O)Nc1cc(C(O)CNC(C)(C)CCc2ccccc2)ccc1O. The Morgan fingerprint density at radius 1 is 1.10 bits per heavy atom. The molecule has 0 saturated heterocycles. The Balaban J connectivity index is 1.99. The molecule has 4 N–H and O–H groups in total. The summed E-state index contributed by atoms with van der Waals surface area (Å²) in [5, 5.41) is 23.9. The van der Waals surface area contributed by atoms with Crippen LogP contribution in [0.3, 0.4) is 0 Å². The molecule has 0 aliphatic heterocycles. The van der Waals surface area contributed by atoms with E-state index in [-0.39, 0.29) is 17.0 Å². The van der Waals surface area contributed by atoms with Gasteiger partial charge in [-0.2, -0.15) is 12.7 Å². The number of phenolic OH excluding ortho intramolecular Hbond substituents is 1. The predicted molar refractivity (Wildman–Crippen MR) is 116 cm³/mol. The van der Waals surface area contributed by atoms with Crippen LogP contribution in [0, 0.1) is 0 Å². The lowest BCUT2D eigenvalue weighted by Gasteiger charge is -2.28. The Morgan fingerprint density at radius 3 is 2.38 bits per heavy atom. The van der Waals surface area contributed by atoms with Crippen LogP contribution in [0.4, 0.5) is 5.69 Å². The molecule has 0 bridgehead atoms. The number of nitrogens with one attached hydrogen (secondary N) is 2. The molecule has 0 aliphatic carbocycles. The monoisotopic (exact) mass is 421 g/mol. The Bertz CT molecular complexity index is 899. The van der Waals surface area contributed by atoms with E-state index in [1.165, 1.54) is 31.8 Å². The zero-order chi connectivity index (χ0) is 21.7. The van der Waals surface area contributed by atoms with Crippen molar-refractivity contribution in [1.82, 2.24) is 9.62 Å². The van der Waals surface area contributed by atoms with E-state index in [9.17, 15) is 18.6 Å². The van der Waals surface area contributed by atoms with Gasteiger partial charge in [0.1, 0.15) is 5.75 Å². The van der Waals surface area contributed by atoms with Crippen LogP contribution in [0.25, 0.3) is 0 Å². The van der Waals surface area contributed by atoms with Gasteiger partial charge in [0.05, 0.1) is 11.8 Å². The van der Waals surface area contributed by atoms with Crippen molar-refractivity contribution in [2.45, 2.75) is 38.3 Å². The maximum atomic E-state index is 12.0. The van der Waals surface area contributed by atoms with Crippen LogP contribution in [-0.2, 0) is 16.6 Å². The molecule has 1 atom stereocenters. The highest BCUT2D eigenvalue weighted by molar-refractivity contribution is 7.90. The summed E-state index contributed by atoms with van der Waals surface area (Å²) in [6.45, 7) is 4.46. The van der Waals surface area contributed by atoms with Gasteiger partial charge in [-0.25, -0.2) is 0 Å². The minimum absolute atomic E-state index is 0.0265. The summed E-state index contributed by atoms with van der Waals surface area (Å²) in [7, 11) is -0.983. The van der Waals surface area contributed by atoms with Crippen LogP contribution >= 0.6 is 0 Å². The summed E-state index contributed by atoms with van der Waals surface area (Å²) >= 11 is 0. The van der Waals surface area contributed by atoms with Gasteiger partial charge in [0, 0.05) is 26.2 Å². The molecular formula is C21H31N3O4S. The summed E-state index contributed by atoms with van der Waals surface area (Å²) < 4.78 is 27.3. The number of aryl methyl sites for hydroxylation is 1. The van der Waals surface area contributed by atoms with Crippen molar-refractivity contribution in [3.63, 3.8) is 0 Å². The number of benzene rings is 2. The lowest BCUT2D eigenvalue weighted by Crippen LogP contribution is -2.42. The van der Waals surface area contributed by atoms with E-state index in [1.54, 1.807) is 6.07 Å². The standard InChI is InChI=1S/C21H31N3O4S/c1-21(2,13-12-16-8-6-5-7-9-16)22-15-20(26)17-10-11-19(25)18(14-17)23-29(27,28)24(3)4/h5-11,14,20,22-23,25-26H,12-13,15H2,1-4H3. The highest BCUT2D eigenvalue weighted by Gasteiger charge is 2.21. The first-order valence-electron chi connectivity index (χ1n) is 9.50. The lowest BCUT2D eigenvalue weighted by atomic mass is 9.94. The van der Waals surface area contributed by atoms with E-state index < -0.39 is 16.3 Å². The fourth-order valence-electron chi connectivity index (χ4n) is 2.75. The Hall–Kier alpha value is -2.13. The number of β-amino-alcohol motifs (C(OH)–C–C–N with tert-alkyl or cyclic N) is 1. The zero-order valence-electron chi connectivity index (χ0n) is 17.4. The van der Waals surface area contributed by atoms with Crippen molar-refractivity contribution in [3.05, 3.63) is 59.7 Å². The molecular weight excluding hydrogens is 390 g/mol. The van der Waals surface area contributed by atoms with E-state index in [1.807, 2.05) is 18.2 Å². The van der Waals surface area contributed by atoms with Gasteiger partial charge < -0.3 is 15.5 Å². The normalized spacial score (nSPS) is 13.4. The fourth-order valence-corrected chi connectivity index (χ4v) is 3.38. The number of nitrogens with zero attached hydrogens (tertiary/aromatic N) is 1. The molecule has 0 saturated carbocycles. The van der Waals surface area contributed by atoms with Gasteiger partial charge in [-0.1, -0.05) is 36.4 Å². The van der Waals surface area contributed by atoms with Gasteiger partial charge in [0.25, 0.3) is 0 Å². The van der Waals surface area contributed by atoms with Crippen molar-refractivity contribution >= 4 is 15.9 Å². The van der Waals surface area contributed by atoms with Crippen molar-refractivity contribution < 1.29 is 18.6 Å². The van der Waals surface area contributed by atoms with Crippen LogP contribution in [-0.4, -0.2) is 49.1 Å². The Kier molecular flexibility index (Phi) is 7.65.